The first kappa shape index (κ1) is 11.8. The lowest BCUT2D eigenvalue weighted by atomic mass is 9.98. The summed E-state index contributed by atoms with van der Waals surface area (Å²) in [4.78, 5) is 23.5. The van der Waals surface area contributed by atoms with Crippen molar-refractivity contribution in [2.75, 3.05) is 6.54 Å². The van der Waals surface area contributed by atoms with Crippen LogP contribution in [0.4, 0.5) is 4.79 Å². The fourth-order valence-corrected chi connectivity index (χ4v) is 1.93. The number of hydrogen-bond donors (Lipinski definition) is 2. The molecule has 86 valence electrons. The van der Waals surface area contributed by atoms with Crippen LogP contribution >= 0.6 is 0 Å². The number of piperidine rings is 1. The summed E-state index contributed by atoms with van der Waals surface area (Å²) in [6.45, 7) is 6.00. The largest absolute Gasteiger partial charge is 0.465 e. The first-order valence-electron chi connectivity index (χ1n) is 5.11. The number of nitrogens with one attached hydrogen (secondary N) is 1. The summed E-state index contributed by atoms with van der Waals surface area (Å²) in [6.07, 6.45) is 0.0866. The number of carbonyl (C=O) groups excluding carboxylic acids is 1. The van der Waals surface area contributed by atoms with Crippen LogP contribution in [-0.4, -0.2) is 40.1 Å². The lowest BCUT2D eigenvalue weighted by molar-refractivity contribution is -0.123. The molecule has 0 aromatic rings. The molecule has 0 bridgehead atoms. The SMILES string of the molecule is CC(C)(C)N(C(=O)O)[C@@H]1CCC(=O)NC1. The molecular formula is C10H18N2O3. The Hall–Kier alpha value is -1.26. The average Bonchev–Trinajstić information content (AvgIpc) is 2.05. The highest BCUT2D eigenvalue weighted by molar-refractivity contribution is 5.77. The van der Waals surface area contributed by atoms with E-state index in [1.165, 1.54) is 4.90 Å². The fourth-order valence-electron chi connectivity index (χ4n) is 1.93. The summed E-state index contributed by atoms with van der Waals surface area (Å²) in [7, 11) is 0. The van der Waals surface area contributed by atoms with Gasteiger partial charge in [0.2, 0.25) is 5.91 Å². The molecule has 0 aromatic heterocycles. The van der Waals surface area contributed by atoms with E-state index in [4.69, 9.17) is 5.11 Å². The van der Waals surface area contributed by atoms with Crippen molar-refractivity contribution in [2.45, 2.75) is 45.2 Å². The quantitative estimate of drug-likeness (QED) is 0.685. The molecule has 2 amide bonds. The van der Waals surface area contributed by atoms with E-state index in [1.807, 2.05) is 20.8 Å². The van der Waals surface area contributed by atoms with Crippen molar-refractivity contribution in [3.63, 3.8) is 0 Å². The minimum Gasteiger partial charge on any atom is -0.465 e. The van der Waals surface area contributed by atoms with Gasteiger partial charge in [-0.25, -0.2) is 4.79 Å². The number of hydrogen-bond acceptors (Lipinski definition) is 2. The molecule has 0 aromatic carbocycles. The van der Waals surface area contributed by atoms with Gasteiger partial charge in [0.25, 0.3) is 0 Å². The van der Waals surface area contributed by atoms with E-state index in [1.54, 1.807) is 0 Å². The molecule has 1 aliphatic heterocycles. The Balaban J connectivity index is 2.73. The van der Waals surface area contributed by atoms with Gasteiger partial charge in [0.1, 0.15) is 0 Å². The molecule has 0 unspecified atom stereocenters. The van der Waals surface area contributed by atoms with Gasteiger partial charge in [-0.3, -0.25) is 9.69 Å². The molecule has 1 rings (SSSR count). The number of nitrogens with zero attached hydrogens (tertiary/aromatic N) is 1. The van der Waals surface area contributed by atoms with Gasteiger partial charge in [-0.05, 0) is 27.2 Å². The van der Waals surface area contributed by atoms with Crippen LogP contribution < -0.4 is 5.32 Å². The van der Waals surface area contributed by atoms with E-state index in [9.17, 15) is 9.59 Å². The molecule has 1 aliphatic rings. The highest BCUT2D eigenvalue weighted by Crippen LogP contribution is 2.21. The molecule has 0 spiro atoms. The molecule has 1 saturated heterocycles. The molecule has 0 radical (unpaired) electrons. The second kappa shape index (κ2) is 4.08. The first-order valence-corrected chi connectivity index (χ1v) is 5.11. The number of amides is 2. The van der Waals surface area contributed by atoms with Gasteiger partial charge < -0.3 is 10.4 Å². The Morgan fingerprint density at radius 2 is 2.13 bits per heavy atom. The Bertz CT molecular complexity index is 260. The summed E-state index contributed by atoms with van der Waals surface area (Å²) in [6, 6.07) is -0.111. The predicted molar refractivity (Wildman–Crippen MR) is 55.6 cm³/mol. The molecule has 1 atom stereocenters. The van der Waals surface area contributed by atoms with Crippen molar-refractivity contribution < 1.29 is 14.7 Å². The zero-order valence-electron chi connectivity index (χ0n) is 9.41. The van der Waals surface area contributed by atoms with Crippen LogP contribution in [0.3, 0.4) is 0 Å². The van der Waals surface area contributed by atoms with Gasteiger partial charge in [-0.15, -0.1) is 0 Å². The van der Waals surface area contributed by atoms with E-state index in [0.29, 0.717) is 19.4 Å². The molecule has 1 fully saturated rings. The Labute approximate surface area is 89.4 Å². The van der Waals surface area contributed by atoms with Crippen LogP contribution in [0.1, 0.15) is 33.6 Å². The van der Waals surface area contributed by atoms with Crippen LogP contribution in [0.25, 0.3) is 0 Å². The summed E-state index contributed by atoms with van der Waals surface area (Å²) in [5.74, 6) is 0.00509. The van der Waals surface area contributed by atoms with Crippen LogP contribution in [0.5, 0.6) is 0 Å². The van der Waals surface area contributed by atoms with Crippen molar-refractivity contribution in [2.24, 2.45) is 0 Å². The Morgan fingerprint density at radius 1 is 1.53 bits per heavy atom. The third kappa shape index (κ3) is 2.84. The van der Waals surface area contributed by atoms with Gasteiger partial charge in [0, 0.05) is 18.5 Å². The van der Waals surface area contributed by atoms with Crippen molar-refractivity contribution in [3.8, 4) is 0 Å². The van der Waals surface area contributed by atoms with E-state index < -0.39 is 11.6 Å². The maximum Gasteiger partial charge on any atom is 0.408 e. The Morgan fingerprint density at radius 3 is 2.47 bits per heavy atom. The number of carboxylic acid groups (broad SMARTS) is 1. The summed E-state index contributed by atoms with van der Waals surface area (Å²) in [5.41, 5.74) is -0.432. The van der Waals surface area contributed by atoms with E-state index in [2.05, 4.69) is 5.32 Å². The van der Waals surface area contributed by atoms with Gasteiger partial charge in [-0.1, -0.05) is 0 Å². The summed E-state index contributed by atoms with van der Waals surface area (Å²) < 4.78 is 0. The molecule has 0 saturated carbocycles. The standard InChI is InChI=1S/C10H18N2O3/c1-10(2,3)12(9(14)15)7-4-5-8(13)11-6-7/h7H,4-6H2,1-3H3,(H,11,13)(H,14,15)/t7-/m1/s1. The Kier molecular flexibility index (Phi) is 3.21. The van der Waals surface area contributed by atoms with Crippen LogP contribution in [-0.2, 0) is 4.79 Å². The van der Waals surface area contributed by atoms with Crippen LogP contribution in [0.15, 0.2) is 0 Å². The van der Waals surface area contributed by atoms with E-state index in [0.717, 1.165) is 0 Å². The second-order valence-electron chi connectivity index (χ2n) is 4.82. The number of carbonyl (C=O) groups is 2. The lowest BCUT2D eigenvalue weighted by Crippen LogP contribution is -2.56. The van der Waals surface area contributed by atoms with Crippen LogP contribution in [0.2, 0.25) is 0 Å². The molecule has 15 heavy (non-hydrogen) atoms. The van der Waals surface area contributed by atoms with Crippen molar-refractivity contribution in [3.05, 3.63) is 0 Å². The average molecular weight is 214 g/mol. The van der Waals surface area contributed by atoms with Crippen molar-refractivity contribution in [1.82, 2.24) is 10.2 Å². The van der Waals surface area contributed by atoms with Crippen LogP contribution in [0, 0.1) is 0 Å². The normalized spacial score (nSPS) is 22.1. The minimum atomic E-state index is -0.927. The maximum atomic E-state index is 11.1. The smallest absolute Gasteiger partial charge is 0.408 e. The fraction of sp³-hybridized carbons (Fsp3) is 0.800. The number of rotatable bonds is 1. The zero-order valence-corrected chi connectivity index (χ0v) is 9.41. The maximum absolute atomic E-state index is 11.1. The highest BCUT2D eigenvalue weighted by atomic mass is 16.4. The van der Waals surface area contributed by atoms with Gasteiger partial charge >= 0.3 is 6.09 Å². The highest BCUT2D eigenvalue weighted by Gasteiger charge is 2.34. The molecule has 0 aliphatic carbocycles. The second-order valence-corrected chi connectivity index (χ2v) is 4.82. The van der Waals surface area contributed by atoms with Crippen molar-refractivity contribution in [1.29, 1.82) is 0 Å². The molecule has 1 heterocycles. The molecule has 2 N–H and O–H groups in total. The third-order valence-corrected chi connectivity index (χ3v) is 2.53. The van der Waals surface area contributed by atoms with Crippen molar-refractivity contribution >= 4 is 12.0 Å². The van der Waals surface area contributed by atoms with Gasteiger partial charge in [0.05, 0.1) is 6.04 Å². The molecule has 5 heteroatoms. The molecule has 5 nitrogen and oxygen atoms in total. The lowest BCUT2D eigenvalue weighted by Gasteiger charge is -2.41. The third-order valence-electron chi connectivity index (χ3n) is 2.53. The molecular weight excluding hydrogens is 196 g/mol. The van der Waals surface area contributed by atoms with Gasteiger partial charge in [0.15, 0.2) is 0 Å². The minimum absolute atomic E-state index is 0.00509. The van der Waals surface area contributed by atoms with Gasteiger partial charge in [-0.2, -0.15) is 0 Å². The first-order chi connectivity index (χ1) is 6.82. The van der Waals surface area contributed by atoms with E-state index >= 15 is 0 Å². The summed E-state index contributed by atoms with van der Waals surface area (Å²) in [5, 5.41) is 11.8. The topological polar surface area (TPSA) is 69.6 Å². The zero-order chi connectivity index (χ0) is 11.6. The predicted octanol–water partition coefficient (Wildman–Crippen LogP) is 1.04. The van der Waals surface area contributed by atoms with E-state index in [-0.39, 0.29) is 11.9 Å². The monoisotopic (exact) mass is 214 g/mol. The summed E-state index contributed by atoms with van der Waals surface area (Å²) >= 11 is 0.